The summed E-state index contributed by atoms with van der Waals surface area (Å²) in [5.41, 5.74) is 8.67. The second-order valence-corrected chi connectivity index (χ2v) is 19.7. The molecule has 0 saturated carbocycles. The van der Waals surface area contributed by atoms with Crippen LogP contribution in [0.3, 0.4) is 0 Å². The van der Waals surface area contributed by atoms with Crippen LogP contribution in [0.15, 0.2) is 131 Å². The Morgan fingerprint density at radius 1 is 0.892 bits per heavy atom. The summed E-state index contributed by atoms with van der Waals surface area (Å²) in [6, 6.07) is 0. The summed E-state index contributed by atoms with van der Waals surface area (Å²) in [5, 5.41) is 27.9. The Hall–Kier alpha value is -5.09. The third kappa shape index (κ3) is 10.3. The van der Waals surface area contributed by atoms with E-state index in [2.05, 4.69) is 60.4 Å². The molecule has 0 amide bonds. The number of nitrogens with zero attached hydrogens (tertiary/aromatic N) is 3. The van der Waals surface area contributed by atoms with Crippen molar-refractivity contribution in [3.63, 3.8) is 0 Å². The molecule has 6 rings (SSSR count). The van der Waals surface area contributed by atoms with Crippen molar-refractivity contribution in [3.05, 3.63) is 116 Å². The third-order valence-electron chi connectivity index (χ3n) is 14.5. The number of hydrogen-bond donors (Lipinski definition) is 3. The van der Waals surface area contributed by atoms with Gasteiger partial charge in [-0.3, -0.25) is 4.79 Å². The predicted octanol–water partition coefficient (Wildman–Crippen LogP) is 12.1. The van der Waals surface area contributed by atoms with E-state index in [1.807, 2.05) is 51.2 Å². The number of hydrogen-bond acceptors (Lipinski definition) is 10. The van der Waals surface area contributed by atoms with Crippen LogP contribution in [-0.4, -0.2) is 58.6 Å². The number of methoxy groups -OCH3 is 1. The van der Waals surface area contributed by atoms with Gasteiger partial charge in [-0.2, -0.15) is 0 Å². The van der Waals surface area contributed by atoms with Crippen molar-refractivity contribution in [1.29, 1.82) is 0 Å². The number of fused-ring (bicyclic) bond motifs is 5. The first-order valence-corrected chi connectivity index (χ1v) is 24.2. The number of ether oxygens (including phenoxy) is 2. The highest BCUT2D eigenvalue weighted by Gasteiger charge is 2.59. The molecule has 350 valence electrons. The minimum Gasteiger partial charge on any atom is -0.507 e. The molecular formula is C55H74N4O6. The number of allylic oxidation sites excluding steroid dienone is 12. The van der Waals surface area contributed by atoms with Crippen LogP contribution in [0.4, 0.5) is 0 Å². The molecule has 5 aliphatic heterocycles. The fourth-order valence-corrected chi connectivity index (χ4v) is 10.2. The largest absolute Gasteiger partial charge is 0.507 e. The van der Waals surface area contributed by atoms with Gasteiger partial charge in [-0.25, -0.2) is 19.8 Å². The van der Waals surface area contributed by atoms with Gasteiger partial charge in [0.25, 0.3) is 0 Å². The van der Waals surface area contributed by atoms with Crippen LogP contribution in [0.2, 0.25) is 0 Å². The fourth-order valence-electron chi connectivity index (χ4n) is 10.2. The summed E-state index contributed by atoms with van der Waals surface area (Å²) >= 11 is 0. The number of carbonyl (C=O) groups is 2. The number of aliphatic imine (C=N–C) groups is 3. The predicted molar refractivity (Wildman–Crippen MR) is 263 cm³/mol. The van der Waals surface area contributed by atoms with Gasteiger partial charge in [-0.15, -0.1) is 0 Å². The van der Waals surface area contributed by atoms with Gasteiger partial charge in [0.2, 0.25) is 5.60 Å². The van der Waals surface area contributed by atoms with Crippen molar-refractivity contribution in [1.82, 2.24) is 5.32 Å². The number of esters is 2. The van der Waals surface area contributed by atoms with E-state index >= 15 is 0 Å². The number of aliphatic hydroxyl groups excluding tert-OH is 1. The van der Waals surface area contributed by atoms with Crippen molar-refractivity contribution < 1.29 is 29.3 Å². The van der Waals surface area contributed by atoms with Crippen LogP contribution in [0.25, 0.3) is 0 Å². The van der Waals surface area contributed by atoms with E-state index in [0.29, 0.717) is 29.3 Å². The first kappa shape index (κ1) is 49.3. The number of carbonyl (C=O) groups excluding carboxylic acids is 2. The Balaban J connectivity index is 1.22. The molecule has 0 radical (unpaired) electrons. The topological polar surface area (TPSA) is 142 Å². The van der Waals surface area contributed by atoms with Crippen molar-refractivity contribution in [2.24, 2.45) is 44.6 Å². The monoisotopic (exact) mass is 887 g/mol. The minimum absolute atomic E-state index is 0.0878. The number of nitrogens with one attached hydrogen (secondary N) is 1. The van der Waals surface area contributed by atoms with Crippen molar-refractivity contribution in [2.75, 3.05) is 13.7 Å². The van der Waals surface area contributed by atoms with Crippen LogP contribution in [0.1, 0.15) is 146 Å². The SMILES string of the molecule is C=CC1=C(C)C2=NC1=CC1=NC(=CC3=C(C)C4=C(O)[C@](O)(C(=O)OC)C(=C5NC(=C2)[C@@H](C)[C@@H]5CCC(=O)OC/C=C(\C)CCC[C@H](C)CCC[C@H](C)CCCC(C)C)C4=N3)C(CC)=C1C. The Bertz CT molecular complexity index is 2350. The molecule has 0 unspecified atom stereocenters. The average Bonchev–Trinajstić information content (AvgIpc) is 3.99. The maximum atomic E-state index is 13.7. The molecule has 65 heavy (non-hydrogen) atoms. The highest BCUT2D eigenvalue weighted by molar-refractivity contribution is 6.26. The second-order valence-electron chi connectivity index (χ2n) is 19.7. The summed E-state index contributed by atoms with van der Waals surface area (Å²) in [6.07, 6.45) is 22.0. The van der Waals surface area contributed by atoms with Crippen LogP contribution >= 0.6 is 0 Å². The highest BCUT2D eigenvalue weighted by Crippen LogP contribution is 2.51. The Morgan fingerprint density at radius 3 is 2.18 bits per heavy atom. The van der Waals surface area contributed by atoms with E-state index in [1.165, 1.54) is 57.6 Å². The molecule has 3 N–H and O–H groups in total. The molecule has 8 bridgehead atoms. The quantitative estimate of drug-likeness (QED) is 0.0816. The standard InChI is InChI=1S/C55H74N4O6/c1-13-39-35(8)42-28-44-37(10)41(24-25-48(60)65-27-26-34(7)23-17-22-33(6)21-16-20-32(5)19-15-18-31(3)4)51(58-44)50-52-49(53(61)55(50,63)54(62)64-12)38(11)45(59-52)30-47-40(14-2)36(9)43(57-47)29-46(39)56-42/h13,26,28-33,37,41,58,61,63H,1,14-25,27H2,2-12H3/b34-26+,44-28?,46-29?,47-30?,51-50?/t32-,33-,37+,41+,55+/m1/s1. The minimum atomic E-state index is -2.55. The molecule has 10 nitrogen and oxygen atoms in total. The van der Waals surface area contributed by atoms with Crippen molar-refractivity contribution in [3.8, 4) is 0 Å². The normalized spacial score (nSPS) is 23.7. The van der Waals surface area contributed by atoms with E-state index in [-0.39, 0.29) is 41.8 Å². The van der Waals surface area contributed by atoms with Crippen molar-refractivity contribution in [2.45, 2.75) is 152 Å². The summed E-state index contributed by atoms with van der Waals surface area (Å²) < 4.78 is 10.9. The van der Waals surface area contributed by atoms with E-state index in [1.54, 1.807) is 0 Å². The first-order valence-electron chi connectivity index (χ1n) is 24.2. The third-order valence-corrected chi connectivity index (χ3v) is 14.5. The molecule has 10 heteroatoms. The molecule has 0 spiro atoms. The summed E-state index contributed by atoms with van der Waals surface area (Å²) in [6.45, 7) is 25.8. The van der Waals surface area contributed by atoms with E-state index in [0.717, 1.165) is 81.9 Å². The van der Waals surface area contributed by atoms with Gasteiger partial charge in [0.15, 0.2) is 5.76 Å². The lowest BCUT2D eigenvalue weighted by Crippen LogP contribution is -2.44. The van der Waals surface area contributed by atoms with Gasteiger partial charge in [-0.1, -0.05) is 105 Å². The lowest BCUT2D eigenvalue weighted by molar-refractivity contribution is -0.156. The van der Waals surface area contributed by atoms with Gasteiger partial charge in [0.1, 0.15) is 6.61 Å². The smallest absolute Gasteiger partial charge is 0.350 e. The van der Waals surface area contributed by atoms with Gasteiger partial charge >= 0.3 is 11.9 Å². The van der Waals surface area contributed by atoms with Gasteiger partial charge < -0.3 is 25.0 Å². The van der Waals surface area contributed by atoms with Crippen LogP contribution in [0.5, 0.6) is 0 Å². The number of rotatable bonds is 20. The average molecular weight is 887 g/mol. The van der Waals surface area contributed by atoms with Crippen LogP contribution in [0, 0.1) is 29.6 Å². The molecule has 1 aliphatic carbocycles. The fraction of sp³-hybridized carbons (Fsp3) is 0.545. The molecule has 0 aromatic heterocycles. The Labute approximate surface area is 388 Å². The zero-order valence-electron chi connectivity index (χ0n) is 41.0. The van der Waals surface area contributed by atoms with Gasteiger partial charge in [0, 0.05) is 46.4 Å². The summed E-state index contributed by atoms with van der Waals surface area (Å²) in [7, 11) is 1.18. The van der Waals surface area contributed by atoms with Gasteiger partial charge in [-0.05, 0) is 118 Å². The van der Waals surface area contributed by atoms with E-state index in [9.17, 15) is 19.8 Å². The van der Waals surface area contributed by atoms with E-state index < -0.39 is 23.2 Å². The molecule has 1 fully saturated rings. The molecular weight excluding hydrogens is 813 g/mol. The Kier molecular flexibility index (Phi) is 16.0. The summed E-state index contributed by atoms with van der Waals surface area (Å²) in [5.74, 6) is -0.273. The van der Waals surface area contributed by atoms with E-state index in [4.69, 9.17) is 24.5 Å². The summed E-state index contributed by atoms with van der Waals surface area (Å²) in [4.78, 5) is 42.3. The first-order chi connectivity index (χ1) is 30.9. The van der Waals surface area contributed by atoms with Crippen LogP contribution < -0.4 is 5.32 Å². The molecule has 0 aromatic carbocycles. The molecule has 0 aromatic rings. The number of aliphatic hydroxyl groups is 2. The Morgan fingerprint density at radius 2 is 1.54 bits per heavy atom. The molecule has 1 saturated heterocycles. The lowest BCUT2D eigenvalue weighted by Gasteiger charge is -2.26. The molecule has 5 heterocycles. The van der Waals surface area contributed by atoms with Gasteiger partial charge in [0.05, 0.1) is 41.3 Å². The maximum absolute atomic E-state index is 13.7. The molecule has 5 atom stereocenters. The second kappa shape index (κ2) is 21.0. The van der Waals surface area contributed by atoms with Crippen molar-refractivity contribution >= 4 is 29.1 Å². The maximum Gasteiger partial charge on any atom is 0.350 e. The lowest BCUT2D eigenvalue weighted by atomic mass is 9.83. The molecule has 6 aliphatic rings. The highest BCUT2D eigenvalue weighted by atomic mass is 16.5. The zero-order chi connectivity index (χ0) is 47.3. The zero-order valence-corrected chi connectivity index (χ0v) is 41.0. The van der Waals surface area contributed by atoms with Crippen LogP contribution in [-0.2, 0) is 19.1 Å².